The summed E-state index contributed by atoms with van der Waals surface area (Å²) < 4.78 is 5.68. The largest absolute Gasteiger partial charge is 0.461 e. The lowest BCUT2D eigenvalue weighted by molar-refractivity contribution is -0.146. The highest BCUT2D eigenvalue weighted by Crippen LogP contribution is 2.73. The second kappa shape index (κ2) is 3.19. The second-order valence-electron chi connectivity index (χ2n) is 6.91. The SMILES string of the molecule is C/C1=C/CC[C@@H]2C(=O)O[C@H]3[C@@H]2[C@H](C1O)[C@@H]1C[C@@]13C. The molecule has 0 aromatic rings. The molecule has 0 bridgehead atoms. The van der Waals surface area contributed by atoms with E-state index in [2.05, 4.69) is 13.0 Å². The van der Waals surface area contributed by atoms with Gasteiger partial charge in [-0.15, -0.1) is 0 Å². The molecule has 7 atom stereocenters. The second-order valence-corrected chi connectivity index (χ2v) is 6.91. The number of aliphatic hydroxyl groups is 1. The van der Waals surface area contributed by atoms with Gasteiger partial charge in [0, 0.05) is 11.3 Å². The van der Waals surface area contributed by atoms with Gasteiger partial charge in [0.15, 0.2) is 0 Å². The molecule has 1 aliphatic heterocycles. The summed E-state index contributed by atoms with van der Waals surface area (Å²) in [6, 6.07) is 0. The van der Waals surface area contributed by atoms with E-state index in [1.807, 2.05) is 6.92 Å². The van der Waals surface area contributed by atoms with E-state index in [-0.39, 0.29) is 41.3 Å². The maximum Gasteiger partial charge on any atom is 0.309 e. The molecule has 4 rings (SSSR count). The quantitative estimate of drug-likeness (QED) is 0.526. The molecule has 1 unspecified atom stereocenters. The molecule has 2 saturated carbocycles. The summed E-state index contributed by atoms with van der Waals surface area (Å²) in [6.07, 6.45) is 4.71. The van der Waals surface area contributed by atoms with Gasteiger partial charge in [-0.05, 0) is 43.6 Å². The van der Waals surface area contributed by atoms with E-state index in [0.717, 1.165) is 24.8 Å². The van der Waals surface area contributed by atoms with Crippen LogP contribution in [0.2, 0.25) is 0 Å². The lowest BCUT2D eigenvalue weighted by Gasteiger charge is -2.31. The fourth-order valence-electron chi connectivity index (χ4n) is 4.95. The van der Waals surface area contributed by atoms with Gasteiger partial charge in [0.2, 0.25) is 0 Å². The molecule has 0 radical (unpaired) electrons. The first-order valence-corrected chi connectivity index (χ1v) is 7.09. The van der Waals surface area contributed by atoms with Crippen LogP contribution in [0.3, 0.4) is 0 Å². The number of fused-ring (bicyclic) bond motifs is 3. The van der Waals surface area contributed by atoms with E-state index in [1.54, 1.807) is 0 Å². The standard InChI is InChI=1S/C15H20O3/c1-7-4-3-5-8-10-11(12(7)16)9-6-15(9,2)13(10)18-14(8)17/h4,8-13,16H,3,5-6H2,1-2H3/b7-4-/t8-,9-,10-,11+,12?,13-,15-/m0/s1. The number of rotatable bonds is 0. The monoisotopic (exact) mass is 248 g/mol. The van der Waals surface area contributed by atoms with Crippen molar-refractivity contribution in [2.24, 2.45) is 29.1 Å². The van der Waals surface area contributed by atoms with Crippen LogP contribution in [0, 0.1) is 29.1 Å². The van der Waals surface area contributed by atoms with Crippen molar-refractivity contribution in [1.82, 2.24) is 0 Å². The van der Waals surface area contributed by atoms with Gasteiger partial charge in [-0.2, -0.15) is 0 Å². The van der Waals surface area contributed by atoms with Crippen molar-refractivity contribution in [2.45, 2.75) is 45.3 Å². The van der Waals surface area contributed by atoms with Crippen molar-refractivity contribution >= 4 is 5.97 Å². The zero-order valence-corrected chi connectivity index (χ0v) is 10.9. The molecule has 3 nitrogen and oxygen atoms in total. The number of carbonyl (C=O) groups is 1. The van der Waals surface area contributed by atoms with Gasteiger partial charge in [0.1, 0.15) is 6.10 Å². The molecule has 0 aromatic heterocycles. The van der Waals surface area contributed by atoms with Crippen LogP contribution in [0.5, 0.6) is 0 Å². The first kappa shape index (κ1) is 11.0. The molecule has 0 aromatic carbocycles. The number of esters is 1. The lowest BCUT2D eigenvalue weighted by Crippen LogP contribution is -2.35. The van der Waals surface area contributed by atoms with Crippen molar-refractivity contribution in [1.29, 1.82) is 0 Å². The minimum Gasteiger partial charge on any atom is -0.461 e. The smallest absolute Gasteiger partial charge is 0.309 e. The Hall–Kier alpha value is -0.830. The molecule has 3 fully saturated rings. The molecular formula is C15H20O3. The van der Waals surface area contributed by atoms with Crippen LogP contribution in [-0.4, -0.2) is 23.3 Å². The van der Waals surface area contributed by atoms with Crippen LogP contribution >= 0.6 is 0 Å². The lowest BCUT2D eigenvalue weighted by atomic mass is 9.73. The van der Waals surface area contributed by atoms with Crippen molar-refractivity contribution in [3.8, 4) is 0 Å². The number of carbonyl (C=O) groups excluding carboxylic acids is 1. The van der Waals surface area contributed by atoms with Crippen molar-refractivity contribution < 1.29 is 14.6 Å². The van der Waals surface area contributed by atoms with Crippen LogP contribution in [-0.2, 0) is 9.53 Å². The highest BCUT2D eigenvalue weighted by Gasteiger charge is 2.75. The van der Waals surface area contributed by atoms with E-state index in [0.29, 0.717) is 5.92 Å². The maximum atomic E-state index is 12.0. The van der Waals surface area contributed by atoms with Gasteiger partial charge in [0.25, 0.3) is 0 Å². The summed E-state index contributed by atoms with van der Waals surface area (Å²) in [6.45, 7) is 4.25. The molecule has 1 heterocycles. The molecular weight excluding hydrogens is 228 g/mol. The van der Waals surface area contributed by atoms with E-state index < -0.39 is 0 Å². The van der Waals surface area contributed by atoms with Crippen LogP contribution < -0.4 is 0 Å². The summed E-state index contributed by atoms with van der Waals surface area (Å²) in [5.41, 5.74) is 1.25. The van der Waals surface area contributed by atoms with Crippen molar-refractivity contribution in [3.63, 3.8) is 0 Å². The van der Waals surface area contributed by atoms with Crippen molar-refractivity contribution in [2.75, 3.05) is 0 Å². The fourth-order valence-corrected chi connectivity index (χ4v) is 4.95. The van der Waals surface area contributed by atoms with Crippen LogP contribution in [0.4, 0.5) is 0 Å². The average Bonchev–Trinajstić information content (AvgIpc) is 2.79. The number of ether oxygens (including phenoxy) is 1. The predicted octanol–water partition coefficient (Wildman–Crippen LogP) is 1.90. The van der Waals surface area contributed by atoms with Crippen LogP contribution in [0.25, 0.3) is 0 Å². The zero-order valence-electron chi connectivity index (χ0n) is 10.9. The van der Waals surface area contributed by atoms with E-state index in [1.165, 1.54) is 0 Å². The third-order valence-electron chi connectivity index (χ3n) is 6.04. The molecule has 3 aliphatic carbocycles. The molecule has 0 amide bonds. The molecule has 1 saturated heterocycles. The Bertz CT molecular complexity index is 455. The summed E-state index contributed by atoms with van der Waals surface area (Å²) in [5, 5.41) is 10.6. The Labute approximate surface area is 107 Å². The highest BCUT2D eigenvalue weighted by atomic mass is 16.6. The minimum absolute atomic E-state index is 0.0123. The highest BCUT2D eigenvalue weighted by molar-refractivity contribution is 5.76. The van der Waals surface area contributed by atoms with Crippen LogP contribution in [0.1, 0.15) is 33.1 Å². The van der Waals surface area contributed by atoms with E-state index in [4.69, 9.17) is 4.74 Å². The Morgan fingerprint density at radius 3 is 3.00 bits per heavy atom. The third kappa shape index (κ3) is 1.12. The maximum absolute atomic E-state index is 12.0. The summed E-state index contributed by atoms with van der Waals surface area (Å²) in [4.78, 5) is 12.0. The van der Waals surface area contributed by atoms with Gasteiger partial charge in [-0.1, -0.05) is 13.0 Å². The van der Waals surface area contributed by atoms with Gasteiger partial charge in [0.05, 0.1) is 12.0 Å². The first-order chi connectivity index (χ1) is 8.54. The molecule has 0 spiro atoms. The van der Waals surface area contributed by atoms with Gasteiger partial charge < -0.3 is 9.84 Å². The minimum atomic E-state index is -0.371. The molecule has 1 N–H and O–H groups in total. The molecule has 3 heteroatoms. The Morgan fingerprint density at radius 2 is 2.22 bits per heavy atom. The molecule has 18 heavy (non-hydrogen) atoms. The topological polar surface area (TPSA) is 46.5 Å². The summed E-state index contributed by atoms with van der Waals surface area (Å²) in [7, 11) is 0. The normalized spacial score (nSPS) is 59.9. The fraction of sp³-hybridized carbons (Fsp3) is 0.800. The van der Waals surface area contributed by atoms with Crippen molar-refractivity contribution in [3.05, 3.63) is 11.6 Å². The molecule has 4 aliphatic rings. The van der Waals surface area contributed by atoms with Gasteiger partial charge in [-0.3, -0.25) is 4.79 Å². The Kier molecular flexibility index (Phi) is 1.95. The van der Waals surface area contributed by atoms with E-state index >= 15 is 0 Å². The number of hydrogen-bond acceptors (Lipinski definition) is 3. The van der Waals surface area contributed by atoms with Gasteiger partial charge >= 0.3 is 5.97 Å². The van der Waals surface area contributed by atoms with Gasteiger partial charge in [-0.25, -0.2) is 0 Å². The first-order valence-electron chi connectivity index (χ1n) is 7.09. The summed E-state index contributed by atoms with van der Waals surface area (Å²) >= 11 is 0. The number of hydrogen-bond donors (Lipinski definition) is 1. The Morgan fingerprint density at radius 1 is 1.44 bits per heavy atom. The summed E-state index contributed by atoms with van der Waals surface area (Å²) in [5.74, 6) is 1.08. The zero-order chi connectivity index (χ0) is 12.7. The Balaban J connectivity index is 1.80. The average molecular weight is 248 g/mol. The predicted molar refractivity (Wildman–Crippen MR) is 65.6 cm³/mol. The van der Waals surface area contributed by atoms with Crippen LogP contribution in [0.15, 0.2) is 11.6 Å². The number of allylic oxidation sites excluding steroid dienone is 1. The third-order valence-corrected chi connectivity index (χ3v) is 6.04. The molecule has 98 valence electrons. The van der Waals surface area contributed by atoms with E-state index in [9.17, 15) is 9.90 Å². The number of aliphatic hydroxyl groups excluding tert-OH is 1.